The van der Waals surface area contributed by atoms with Crippen LogP contribution in [0.25, 0.3) is 0 Å². The van der Waals surface area contributed by atoms with Crippen molar-refractivity contribution in [2.45, 2.75) is 11.8 Å². The van der Waals surface area contributed by atoms with E-state index in [9.17, 15) is 24.2 Å². The molecule has 1 rings (SSSR count). The van der Waals surface area contributed by atoms with Gasteiger partial charge in [0.25, 0.3) is 0 Å². The number of halogens is 5. The number of carboxylic acids is 1. The first-order valence-electron chi connectivity index (χ1n) is 3.89. The number of benzene rings is 1. The topological polar surface area (TPSA) is 37.3 Å². The second-order valence-electron chi connectivity index (χ2n) is 3.25. The molecule has 0 radical (unpaired) electrons. The quantitative estimate of drug-likeness (QED) is 0.804. The molecule has 0 aromatic heterocycles. The highest BCUT2D eigenvalue weighted by atomic mass is 32.5. The van der Waals surface area contributed by atoms with Crippen LogP contribution in [0.4, 0.5) is 19.4 Å². The molecule has 0 aliphatic heterocycles. The average Bonchev–Trinajstić information content (AvgIpc) is 1.99. The summed E-state index contributed by atoms with van der Waals surface area (Å²) in [7, 11) is -9.80. The Labute approximate surface area is 87.4 Å². The third-order valence-corrected chi connectivity index (χ3v) is 3.03. The molecule has 0 atom stereocenters. The Balaban J connectivity index is 3.54. The zero-order valence-corrected chi connectivity index (χ0v) is 8.70. The van der Waals surface area contributed by atoms with E-state index < -0.39 is 26.7 Å². The molecule has 0 amide bonds. The highest BCUT2D eigenvalue weighted by Gasteiger charge is 2.65. The number of aromatic carboxylic acids is 1. The smallest absolute Gasteiger partial charge is 0.335 e. The van der Waals surface area contributed by atoms with Crippen LogP contribution in [-0.2, 0) is 0 Å². The summed E-state index contributed by atoms with van der Waals surface area (Å²) >= 11 is 0. The van der Waals surface area contributed by atoms with Crippen molar-refractivity contribution in [2.75, 3.05) is 0 Å². The summed E-state index contributed by atoms with van der Waals surface area (Å²) in [4.78, 5) is 8.32. The van der Waals surface area contributed by atoms with Crippen molar-refractivity contribution in [3.8, 4) is 0 Å². The molecular weight excluding hydrogens is 255 g/mol. The molecule has 0 aliphatic carbocycles. The molecule has 0 aliphatic rings. The summed E-state index contributed by atoms with van der Waals surface area (Å²) in [6.45, 7) is 1.22. The van der Waals surface area contributed by atoms with Crippen LogP contribution in [-0.4, -0.2) is 11.1 Å². The van der Waals surface area contributed by atoms with E-state index in [1.807, 2.05) is 0 Å². The Morgan fingerprint density at radius 1 is 1.19 bits per heavy atom. The van der Waals surface area contributed by atoms with E-state index in [4.69, 9.17) is 5.11 Å². The lowest BCUT2D eigenvalue weighted by Crippen LogP contribution is -2.09. The van der Waals surface area contributed by atoms with Gasteiger partial charge in [0, 0.05) is 0 Å². The van der Waals surface area contributed by atoms with Crippen LogP contribution >= 0.6 is 10.2 Å². The summed E-state index contributed by atoms with van der Waals surface area (Å²) in [6, 6.07) is 0.846. The van der Waals surface area contributed by atoms with Crippen molar-refractivity contribution in [3.63, 3.8) is 0 Å². The Morgan fingerprint density at radius 2 is 1.69 bits per heavy atom. The van der Waals surface area contributed by atoms with Crippen LogP contribution in [0.1, 0.15) is 15.9 Å². The highest BCUT2D eigenvalue weighted by Crippen LogP contribution is 3.02. The van der Waals surface area contributed by atoms with Crippen LogP contribution in [0.15, 0.2) is 23.1 Å². The van der Waals surface area contributed by atoms with Gasteiger partial charge in [-0.25, -0.2) is 4.79 Å². The van der Waals surface area contributed by atoms with Crippen LogP contribution in [0, 0.1) is 6.92 Å². The van der Waals surface area contributed by atoms with Gasteiger partial charge in [-0.1, -0.05) is 25.5 Å². The van der Waals surface area contributed by atoms with Gasteiger partial charge in [-0.3, -0.25) is 0 Å². The van der Waals surface area contributed by atoms with E-state index >= 15 is 0 Å². The Bertz CT molecular complexity index is 464. The third kappa shape index (κ3) is 2.63. The van der Waals surface area contributed by atoms with E-state index in [2.05, 4.69) is 0 Å². The predicted octanol–water partition coefficient (Wildman–Crippen LogP) is 4.35. The molecule has 92 valence electrons. The highest BCUT2D eigenvalue weighted by molar-refractivity contribution is 8.45. The maximum absolute atomic E-state index is 12.3. The minimum atomic E-state index is -9.80. The molecule has 1 N–H and O–H groups in total. The number of carbonyl (C=O) groups is 1. The summed E-state index contributed by atoms with van der Waals surface area (Å²) in [5.41, 5.74) is -0.802. The van der Waals surface area contributed by atoms with E-state index in [1.54, 1.807) is 0 Å². The molecule has 0 bridgehead atoms. The van der Waals surface area contributed by atoms with Gasteiger partial charge in [-0.2, -0.15) is 0 Å². The third-order valence-electron chi connectivity index (χ3n) is 1.88. The number of hydrogen-bond donors (Lipinski definition) is 1. The van der Waals surface area contributed by atoms with Crippen LogP contribution in [0.3, 0.4) is 0 Å². The van der Waals surface area contributed by atoms with Gasteiger partial charge < -0.3 is 5.11 Å². The van der Waals surface area contributed by atoms with E-state index in [1.165, 1.54) is 6.92 Å². The van der Waals surface area contributed by atoms with Gasteiger partial charge in [0.05, 0.1) is 5.56 Å². The van der Waals surface area contributed by atoms with Crippen molar-refractivity contribution in [2.24, 2.45) is 0 Å². The first-order chi connectivity index (χ1) is 6.81. The largest absolute Gasteiger partial charge is 0.478 e. The summed E-state index contributed by atoms with van der Waals surface area (Å²) in [5, 5.41) is 8.52. The normalized spacial score (nSPS) is 16.4. The number of carboxylic acid groups (broad SMARTS) is 1. The van der Waals surface area contributed by atoms with Crippen molar-refractivity contribution in [1.82, 2.24) is 0 Å². The second kappa shape index (κ2) is 2.68. The number of aryl methyl sites for hydroxylation is 1. The van der Waals surface area contributed by atoms with Gasteiger partial charge in [0.15, 0.2) is 0 Å². The predicted molar refractivity (Wildman–Crippen MR) is 49.5 cm³/mol. The zero-order valence-electron chi connectivity index (χ0n) is 7.89. The average molecular weight is 262 g/mol. The molecule has 0 fully saturated rings. The van der Waals surface area contributed by atoms with Gasteiger partial charge in [-0.05, 0) is 24.6 Å². The number of rotatable bonds is 2. The fourth-order valence-electron chi connectivity index (χ4n) is 1.07. The SMILES string of the molecule is Cc1ccc(S(F)(F)(F)(F)F)cc1C(=O)O. The lowest BCUT2D eigenvalue weighted by molar-refractivity contribution is 0.0696. The fraction of sp³-hybridized carbons (Fsp3) is 0.125. The molecule has 0 spiro atoms. The van der Waals surface area contributed by atoms with Crippen molar-refractivity contribution in [1.29, 1.82) is 0 Å². The molecular formula is C8H7F5O2S. The first-order valence-corrected chi connectivity index (χ1v) is 5.84. The molecule has 0 unspecified atom stereocenters. The van der Waals surface area contributed by atoms with Crippen molar-refractivity contribution >= 4 is 16.2 Å². The molecule has 0 heterocycles. The fourth-order valence-corrected chi connectivity index (χ4v) is 1.74. The molecule has 0 saturated carbocycles. The van der Waals surface area contributed by atoms with Gasteiger partial charge in [0.2, 0.25) is 0 Å². The molecule has 8 heteroatoms. The first kappa shape index (κ1) is 12.8. The molecule has 16 heavy (non-hydrogen) atoms. The van der Waals surface area contributed by atoms with E-state index in [0.29, 0.717) is 6.07 Å². The second-order valence-corrected chi connectivity index (χ2v) is 5.66. The summed E-state index contributed by atoms with van der Waals surface area (Å²) < 4.78 is 61.6. The maximum atomic E-state index is 12.3. The van der Waals surface area contributed by atoms with Gasteiger partial charge in [0.1, 0.15) is 4.90 Å². The van der Waals surface area contributed by atoms with E-state index in [-0.39, 0.29) is 17.7 Å². The minimum absolute atomic E-state index is 0.0156. The molecule has 2 nitrogen and oxygen atoms in total. The Kier molecular flexibility index (Phi) is 2.14. The summed E-state index contributed by atoms with van der Waals surface area (Å²) in [6.07, 6.45) is 0. The van der Waals surface area contributed by atoms with Crippen molar-refractivity contribution < 1.29 is 29.3 Å². The van der Waals surface area contributed by atoms with Crippen LogP contribution in [0.5, 0.6) is 0 Å². The minimum Gasteiger partial charge on any atom is -0.478 e. The van der Waals surface area contributed by atoms with Gasteiger partial charge in [-0.15, -0.1) is 0 Å². The maximum Gasteiger partial charge on any atom is 0.335 e. The lowest BCUT2D eigenvalue weighted by atomic mass is 10.1. The monoisotopic (exact) mass is 262 g/mol. The van der Waals surface area contributed by atoms with Gasteiger partial charge >= 0.3 is 16.2 Å². The van der Waals surface area contributed by atoms with E-state index in [0.717, 1.165) is 0 Å². The summed E-state index contributed by atoms with van der Waals surface area (Å²) in [5.74, 6) is -1.68. The standard InChI is InChI=1S/C8H7F5O2S/c1-5-2-3-6(4-7(5)8(14)15)16(9,10,11,12)13/h2-4H,1H3,(H,14,15). The number of hydrogen-bond acceptors (Lipinski definition) is 1. The Hall–Kier alpha value is -1.31. The van der Waals surface area contributed by atoms with Crippen LogP contribution < -0.4 is 0 Å². The van der Waals surface area contributed by atoms with Crippen LogP contribution in [0.2, 0.25) is 0 Å². The molecule has 1 aromatic rings. The molecule has 1 aromatic carbocycles. The molecule has 0 saturated heterocycles. The Morgan fingerprint density at radius 3 is 2.06 bits per heavy atom. The van der Waals surface area contributed by atoms with Crippen molar-refractivity contribution in [3.05, 3.63) is 29.3 Å². The lowest BCUT2D eigenvalue weighted by Gasteiger charge is -2.40. The zero-order chi connectivity index (χ0) is 12.8.